The summed E-state index contributed by atoms with van der Waals surface area (Å²) in [7, 11) is -1.05. The fourth-order valence-electron chi connectivity index (χ4n) is 4.50. The quantitative estimate of drug-likeness (QED) is 0.528. The van der Waals surface area contributed by atoms with E-state index in [1.807, 2.05) is 47.2 Å². The number of nitrogens with zero attached hydrogens (tertiary/aromatic N) is 3. The van der Waals surface area contributed by atoms with Crippen LogP contribution in [0.5, 0.6) is 5.75 Å². The first-order valence-electron chi connectivity index (χ1n) is 11.1. The van der Waals surface area contributed by atoms with Gasteiger partial charge < -0.3 is 14.2 Å². The first-order valence-corrected chi connectivity index (χ1v) is 12.7. The van der Waals surface area contributed by atoms with E-state index in [-0.39, 0.29) is 32.0 Å². The molecule has 0 N–H and O–H groups in total. The van der Waals surface area contributed by atoms with E-state index < -0.39 is 28.3 Å². The topological polar surface area (TPSA) is 64.4 Å². The molecule has 0 spiro atoms. The summed E-state index contributed by atoms with van der Waals surface area (Å²) in [5, 5.41) is 0.967. The van der Waals surface area contributed by atoms with E-state index in [0.717, 1.165) is 15.8 Å². The molecule has 1 unspecified atom stereocenters. The van der Waals surface area contributed by atoms with Gasteiger partial charge in [0.1, 0.15) is 23.1 Å². The number of carbonyl (C=O) groups is 1. The van der Waals surface area contributed by atoms with Gasteiger partial charge in [0.15, 0.2) is 0 Å². The van der Waals surface area contributed by atoms with Crippen molar-refractivity contribution in [3.63, 3.8) is 0 Å². The number of pyridine rings is 1. The van der Waals surface area contributed by atoms with Gasteiger partial charge in [-0.25, -0.2) is 4.98 Å². The van der Waals surface area contributed by atoms with Gasteiger partial charge >= 0.3 is 6.18 Å². The Hall–Kier alpha value is -2.88. The molecule has 180 valence electrons. The fourth-order valence-corrected chi connectivity index (χ4v) is 5.05. The van der Waals surface area contributed by atoms with Gasteiger partial charge in [-0.3, -0.25) is 9.00 Å². The van der Waals surface area contributed by atoms with Crippen molar-refractivity contribution in [3.05, 3.63) is 48.8 Å². The number of alkyl halides is 3. The summed E-state index contributed by atoms with van der Waals surface area (Å²) in [5.41, 5.74) is -1.21. The van der Waals surface area contributed by atoms with Crippen molar-refractivity contribution in [1.29, 1.82) is 0 Å². The number of halogens is 3. The number of amides is 1. The smallest absolute Gasteiger partial charge is 0.403 e. The molecule has 1 saturated carbocycles. The van der Waals surface area contributed by atoms with Crippen LogP contribution in [0, 0.1) is 5.41 Å². The molecular weight excluding hydrogens is 467 g/mol. The number of aromatic nitrogens is 2. The van der Waals surface area contributed by atoms with E-state index in [2.05, 4.69) is 4.98 Å². The maximum atomic E-state index is 13.2. The number of benzene rings is 1. The van der Waals surface area contributed by atoms with Gasteiger partial charge in [0.25, 0.3) is 0 Å². The van der Waals surface area contributed by atoms with Crippen LogP contribution >= 0.6 is 0 Å². The standard InChI is InChI=1S/C24H24F3N3O3S/c1-34(32)19-3-4-20-16(14-19)6-13-30(20)21-5-2-18(15-28-21)33-17-7-11-29(12-8-17)22(31)23(9-10-23)24(25,26)27/h2-6,13-15,17H,7-12H2,1H3. The zero-order valence-electron chi connectivity index (χ0n) is 18.5. The maximum absolute atomic E-state index is 13.2. The number of rotatable bonds is 5. The van der Waals surface area contributed by atoms with Crippen LogP contribution < -0.4 is 4.74 Å². The highest BCUT2D eigenvalue weighted by Crippen LogP contribution is 2.58. The molecule has 1 atom stereocenters. The largest absolute Gasteiger partial charge is 0.489 e. The van der Waals surface area contributed by atoms with E-state index in [9.17, 15) is 22.2 Å². The molecule has 3 heterocycles. The summed E-state index contributed by atoms with van der Waals surface area (Å²) in [6, 6.07) is 11.2. The molecule has 1 amide bonds. The molecule has 1 aliphatic carbocycles. The Morgan fingerprint density at radius 2 is 1.88 bits per heavy atom. The first-order chi connectivity index (χ1) is 16.2. The number of piperidine rings is 1. The van der Waals surface area contributed by atoms with Crippen LogP contribution in [0.4, 0.5) is 13.2 Å². The molecule has 0 radical (unpaired) electrons. The van der Waals surface area contributed by atoms with Gasteiger partial charge in [0.2, 0.25) is 5.91 Å². The van der Waals surface area contributed by atoms with Crippen LogP contribution in [-0.4, -0.2) is 56.2 Å². The molecule has 2 aliphatic rings. The van der Waals surface area contributed by atoms with Gasteiger partial charge in [-0.2, -0.15) is 13.2 Å². The number of ether oxygens (including phenoxy) is 1. The van der Waals surface area contributed by atoms with Crippen LogP contribution in [0.1, 0.15) is 25.7 Å². The fraction of sp³-hybridized carbons (Fsp3) is 0.417. The molecule has 10 heteroatoms. The lowest BCUT2D eigenvalue weighted by Crippen LogP contribution is -2.48. The molecule has 2 fully saturated rings. The van der Waals surface area contributed by atoms with Crippen molar-refractivity contribution in [2.75, 3.05) is 19.3 Å². The Labute approximate surface area is 197 Å². The lowest BCUT2D eigenvalue weighted by molar-refractivity contribution is -0.199. The lowest BCUT2D eigenvalue weighted by atomic mass is 10.0. The second-order valence-corrected chi connectivity index (χ2v) is 10.3. The molecular formula is C24H24F3N3O3S. The Bertz CT molecular complexity index is 1240. The molecule has 34 heavy (non-hydrogen) atoms. The second-order valence-electron chi connectivity index (χ2n) is 8.90. The predicted molar refractivity (Wildman–Crippen MR) is 121 cm³/mol. The molecule has 1 saturated heterocycles. The van der Waals surface area contributed by atoms with E-state index in [1.54, 1.807) is 12.5 Å². The van der Waals surface area contributed by atoms with E-state index in [0.29, 0.717) is 24.4 Å². The minimum absolute atomic E-state index is 0.111. The van der Waals surface area contributed by atoms with Crippen molar-refractivity contribution < 1.29 is 26.9 Å². The monoisotopic (exact) mass is 491 g/mol. The van der Waals surface area contributed by atoms with Crippen LogP contribution in [0.2, 0.25) is 0 Å². The number of hydrogen-bond acceptors (Lipinski definition) is 4. The van der Waals surface area contributed by atoms with Gasteiger partial charge in [0, 0.05) is 59.5 Å². The molecule has 3 aromatic rings. The van der Waals surface area contributed by atoms with E-state index >= 15 is 0 Å². The van der Waals surface area contributed by atoms with Gasteiger partial charge in [-0.15, -0.1) is 0 Å². The van der Waals surface area contributed by atoms with Gasteiger partial charge in [-0.1, -0.05) is 0 Å². The summed E-state index contributed by atoms with van der Waals surface area (Å²) in [4.78, 5) is 19.0. The van der Waals surface area contributed by atoms with Crippen molar-refractivity contribution >= 4 is 27.6 Å². The Kier molecular flexibility index (Phi) is 5.66. The molecule has 0 bridgehead atoms. The van der Waals surface area contributed by atoms with Crippen molar-refractivity contribution in [3.8, 4) is 11.6 Å². The minimum atomic E-state index is -4.48. The molecule has 5 rings (SSSR count). The summed E-state index contributed by atoms with van der Waals surface area (Å²) in [6.45, 7) is 0.513. The zero-order valence-corrected chi connectivity index (χ0v) is 19.4. The minimum Gasteiger partial charge on any atom is -0.489 e. The first kappa shape index (κ1) is 22.9. The molecule has 1 aromatic carbocycles. The summed E-state index contributed by atoms with van der Waals surface area (Å²) in [5.74, 6) is 0.485. The Balaban J connectivity index is 1.21. The average molecular weight is 492 g/mol. The van der Waals surface area contributed by atoms with Crippen molar-refractivity contribution in [2.24, 2.45) is 5.41 Å². The van der Waals surface area contributed by atoms with Crippen LogP contribution in [0.15, 0.2) is 53.7 Å². The Morgan fingerprint density at radius 3 is 2.47 bits per heavy atom. The van der Waals surface area contributed by atoms with E-state index in [4.69, 9.17) is 4.74 Å². The summed E-state index contributed by atoms with van der Waals surface area (Å²) < 4.78 is 59.4. The third-order valence-electron chi connectivity index (χ3n) is 6.70. The van der Waals surface area contributed by atoms with Gasteiger partial charge in [0.05, 0.1) is 11.7 Å². The predicted octanol–water partition coefficient (Wildman–Crippen LogP) is 4.48. The summed E-state index contributed by atoms with van der Waals surface area (Å²) in [6.07, 6.45) is 1.24. The highest BCUT2D eigenvalue weighted by atomic mass is 32.2. The van der Waals surface area contributed by atoms with Crippen LogP contribution in [0.25, 0.3) is 16.7 Å². The van der Waals surface area contributed by atoms with Crippen LogP contribution in [0.3, 0.4) is 0 Å². The molecule has 1 aliphatic heterocycles. The lowest BCUT2D eigenvalue weighted by Gasteiger charge is -2.34. The van der Waals surface area contributed by atoms with Crippen LogP contribution in [-0.2, 0) is 15.6 Å². The number of carbonyl (C=O) groups excluding carboxylic acids is 1. The highest BCUT2D eigenvalue weighted by molar-refractivity contribution is 7.84. The number of hydrogen-bond donors (Lipinski definition) is 0. The maximum Gasteiger partial charge on any atom is 0.403 e. The molecule has 6 nitrogen and oxygen atoms in total. The third-order valence-corrected chi connectivity index (χ3v) is 7.61. The summed E-state index contributed by atoms with van der Waals surface area (Å²) >= 11 is 0. The van der Waals surface area contributed by atoms with E-state index in [1.165, 1.54) is 4.90 Å². The van der Waals surface area contributed by atoms with Crippen molar-refractivity contribution in [2.45, 2.75) is 42.9 Å². The number of likely N-dealkylation sites (tertiary alicyclic amines) is 1. The SMILES string of the molecule is CS(=O)c1ccc2c(ccn2-c2ccc(OC3CCN(C(=O)C4(C(F)(F)F)CC4)CC3)cn2)c1. The normalized spacial score (nSPS) is 19.2. The molecule has 2 aromatic heterocycles. The second kappa shape index (κ2) is 8.41. The highest BCUT2D eigenvalue weighted by Gasteiger charge is 2.69. The zero-order chi connectivity index (χ0) is 24.1. The Morgan fingerprint density at radius 1 is 1.15 bits per heavy atom. The van der Waals surface area contributed by atoms with Gasteiger partial charge in [-0.05, 0) is 49.2 Å². The average Bonchev–Trinajstić information content (AvgIpc) is 3.54. The number of fused-ring (bicyclic) bond motifs is 1. The third kappa shape index (κ3) is 4.08. The van der Waals surface area contributed by atoms with Crippen molar-refractivity contribution in [1.82, 2.24) is 14.5 Å².